The Morgan fingerprint density at radius 1 is 1.00 bits per heavy atom. The molecule has 0 amide bonds. The van der Waals surface area contributed by atoms with Gasteiger partial charge in [0.1, 0.15) is 12.4 Å². The van der Waals surface area contributed by atoms with E-state index >= 15 is 0 Å². The van der Waals surface area contributed by atoms with Crippen LogP contribution in [0.1, 0.15) is 16.8 Å². The third kappa shape index (κ3) is 5.90. The summed E-state index contributed by atoms with van der Waals surface area (Å²) in [5.74, 6) is -0.0208. The van der Waals surface area contributed by atoms with Crippen molar-refractivity contribution in [2.75, 3.05) is 13.2 Å². The van der Waals surface area contributed by atoms with Crippen LogP contribution in [-0.4, -0.2) is 34.2 Å². The second-order valence-corrected chi connectivity index (χ2v) is 6.54. The van der Waals surface area contributed by atoms with Crippen molar-refractivity contribution in [2.45, 2.75) is 12.4 Å². The van der Waals surface area contributed by atoms with Gasteiger partial charge in [-0.15, -0.1) is 0 Å². The maximum atomic E-state index is 12.8. The van der Waals surface area contributed by atoms with Gasteiger partial charge < -0.3 is 9.57 Å². The number of benzene rings is 1. The summed E-state index contributed by atoms with van der Waals surface area (Å²) in [5.41, 5.74) is -1.53. The van der Waals surface area contributed by atoms with Crippen LogP contribution >= 0.6 is 11.6 Å². The Morgan fingerprint density at radius 2 is 1.75 bits per heavy atom. The van der Waals surface area contributed by atoms with Crippen molar-refractivity contribution in [2.24, 2.45) is 5.16 Å². The quantitative estimate of drug-likeness (QED) is 0.198. The maximum Gasteiger partial charge on any atom is 0.417 e. The second-order valence-electron chi connectivity index (χ2n) is 6.14. The molecule has 0 aliphatic carbocycles. The van der Waals surface area contributed by atoms with Gasteiger partial charge in [0.05, 0.1) is 34.3 Å². The van der Waals surface area contributed by atoms with Gasteiger partial charge in [-0.25, -0.2) is 9.67 Å². The average Bonchev–Trinajstić information content (AvgIpc) is 3.17. The topological polar surface area (TPSA) is 61.5 Å². The molecule has 13 heteroatoms. The lowest BCUT2D eigenvalue weighted by molar-refractivity contribution is -0.138. The molecule has 6 nitrogen and oxygen atoms in total. The van der Waals surface area contributed by atoms with Crippen LogP contribution in [0.5, 0.6) is 5.75 Å². The number of ether oxygens (including phenoxy) is 1. The number of rotatable bonds is 7. The van der Waals surface area contributed by atoms with Crippen molar-refractivity contribution in [1.29, 1.82) is 0 Å². The lowest BCUT2D eigenvalue weighted by atomic mass is 10.2. The number of aromatic nitrogens is 3. The number of hydrogen-bond acceptors (Lipinski definition) is 5. The van der Waals surface area contributed by atoms with Gasteiger partial charge in [-0.3, -0.25) is 0 Å². The van der Waals surface area contributed by atoms with E-state index in [-0.39, 0.29) is 29.8 Å². The van der Waals surface area contributed by atoms with Crippen molar-refractivity contribution in [3.63, 3.8) is 0 Å². The Kier molecular flexibility index (Phi) is 6.92. The van der Waals surface area contributed by atoms with Crippen LogP contribution in [0, 0.1) is 0 Å². The monoisotopic (exact) mass is 478 g/mol. The van der Waals surface area contributed by atoms with Gasteiger partial charge >= 0.3 is 12.4 Å². The molecule has 0 atom stereocenters. The molecule has 1 aromatic carbocycles. The minimum Gasteiger partial charge on any atom is -0.490 e. The third-order valence-corrected chi connectivity index (χ3v) is 4.16. The Hall–Kier alpha value is -3.28. The van der Waals surface area contributed by atoms with Crippen molar-refractivity contribution in [3.05, 3.63) is 70.6 Å². The molecule has 170 valence electrons. The summed E-state index contributed by atoms with van der Waals surface area (Å²) in [5, 5.41) is 7.35. The van der Waals surface area contributed by atoms with Crippen molar-refractivity contribution < 1.29 is 35.9 Å². The van der Waals surface area contributed by atoms with Gasteiger partial charge in [-0.2, -0.15) is 31.4 Å². The molecule has 0 unspecified atom stereocenters. The van der Waals surface area contributed by atoms with E-state index in [1.807, 2.05) is 0 Å². The molecule has 2 aromatic heterocycles. The highest BCUT2D eigenvalue weighted by molar-refractivity contribution is 6.32. The van der Waals surface area contributed by atoms with Crippen molar-refractivity contribution in [3.8, 4) is 11.6 Å². The van der Waals surface area contributed by atoms with Crippen molar-refractivity contribution >= 4 is 17.8 Å². The summed E-state index contributed by atoms with van der Waals surface area (Å²) >= 11 is 5.91. The van der Waals surface area contributed by atoms with E-state index < -0.39 is 23.5 Å². The maximum absolute atomic E-state index is 12.8. The zero-order valence-corrected chi connectivity index (χ0v) is 16.6. The summed E-state index contributed by atoms with van der Waals surface area (Å²) in [4.78, 5) is 8.70. The molecular formula is C19H13ClF6N4O2. The molecule has 0 fully saturated rings. The van der Waals surface area contributed by atoms with E-state index in [1.54, 1.807) is 0 Å². The van der Waals surface area contributed by atoms with Gasteiger partial charge in [-0.05, 0) is 30.3 Å². The minimum absolute atomic E-state index is 0.0218. The van der Waals surface area contributed by atoms with Gasteiger partial charge in [0.25, 0.3) is 0 Å². The first-order chi connectivity index (χ1) is 15.1. The summed E-state index contributed by atoms with van der Waals surface area (Å²) in [6, 6.07) is 6.60. The lowest BCUT2D eigenvalue weighted by Crippen LogP contribution is -2.10. The third-order valence-electron chi connectivity index (χ3n) is 3.89. The molecule has 0 aliphatic heterocycles. The largest absolute Gasteiger partial charge is 0.490 e. The van der Waals surface area contributed by atoms with E-state index in [9.17, 15) is 26.3 Å². The van der Waals surface area contributed by atoms with Crippen LogP contribution in [0.2, 0.25) is 5.02 Å². The van der Waals surface area contributed by atoms with Gasteiger partial charge in [0.15, 0.2) is 12.4 Å². The Morgan fingerprint density at radius 3 is 2.44 bits per heavy atom. The molecule has 32 heavy (non-hydrogen) atoms. The fraction of sp³-hybridized carbons (Fsp3) is 0.211. The number of oxime groups is 1. The molecule has 0 aliphatic rings. The summed E-state index contributed by atoms with van der Waals surface area (Å²) in [6.07, 6.45) is -5.87. The van der Waals surface area contributed by atoms with Gasteiger partial charge in [0, 0.05) is 6.20 Å². The first-order valence-corrected chi connectivity index (χ1v) is 9.16. The fourth-order valence-corrected chi connectivity index (χ4v) is 2.68. The number of hydrogen-bond donors (Lipinski definition) is 0. The lowest BCUT2D eigenvalue weighted by Gasteiger charge is -2.10. The number of alkyl halides is 6. The average molecular weight is 479 g/mol. The van der Waals surface area contributed by atoms with Crippen LogP contribution in [0.4, 0.5) is 26.3 Å². The standard InChI is InChI=1S/C19H13ClF6N4O2/c20-16-9-13(19(24,25)26)10-27-17(16)30-14(4-5-28-30)11-29-32-7-6-31-15-3-1-2-12(8-15)18(21,22)23/h1-5,8-11H,6-7H2/b29-11-. The zero-order valence-electron chi connectivity index (χ0n) is 15.9. The number of pyridine rings is 1. The van der Waals surface area contributed by atoms with E-state index in [4.69, 9.17) is 21.2 Å². The zero-order chi connectivity index (χ0) is 23.4. The fourth-order valence-electron chi connectivity index (χ4n) is 2.43. The highest BCUT2D eigenvalue weighted by atomic mass is 35.5. The van der Waals surface area contributed by atoms with Crippen molar-refractivity contribution in [1.82, 2.24) is 14.8 Å². The van der Waals surface area contributed by atoms with E-state index in [2.05, 4.69) is 15.2 Å². The second kappa shape index (κ2) is 9.47. The van der Waals surface area contributed by atoms with Crippen LogP contribution in [-0.2, 0) is 17.2 Å². The van der Waals surface area contributed by atoms with Crippen LogP contribution in [0.15, 0.2) is 53.9 Å². The molecule has 3 rings (SSSR count). The van der Waals surface area contributed by atoms with Crippen LogP contribution < -0.4 is 4.74 Å². The molecule has 0 radical (unpaired) electrons. The highest BCUT2D eigenvalue weighted by Crippen LogP contribution is 2.32. The molecule has 2 heterocycles. The Bertz CT molecular complexity index is 1100. The summed E-state index contributed by atoms with van der Waals surface area (Å²) in [7, 11) is 0. The molecule has 0 spiro atoms. The minimum atomic E-state index is -4.59. The predicted molar refractivity (Wildman–Crippen MR) is 102 cm³/mol. The molecule has 0 saturated heterocycles. The molecule has 0 saturated carbocycles. The molecular weight excluding hydrogens is 466 g/mol. The first kappa shape index (κ1) is 23.4. The highest BCUT2D eigenvalue weighted by Gasteiger charge is 2.32. The molecule has 3 aromatic rings. The number of halogens is 7. The van der Waals surface area contributed by atoms with Crippen LogP contribution in [0.25, 0.3) is 5.82 Å². The van der Waals surface area contributed by atoms with Gasteiger partial charge in [-0.1, -0.05) is 22.8 Å². The smallest absolute Gasteiger partial charge is 0.417 e. The summed E-state index contributed by atoms with van der Waals surface area (Å²) < 4.78 is 82.6. The summed E-state index contributed by atoms with van der Waals surface area (Å²) in [6.45, 7) is -0.162. The Balaban J connectivity index is 1.57. The molecule has 0 bridgehead atoms. The first-order valence-electron chi connectivity index (χ1n) is 8.78. The molecule has 0 N–H and O–H groups in total. The number of nitrogens with zero attached hydrogens (tertiary/aromatic N) is 4. The predicted octanol–water partition coefficient (Wildman–Crippen LogP) is 5.39. The SMILES string of the molecule is FC(F)(F)c1cccc(OCCO/N=C\c2ccnn2-c2ncc(C(F)(F)F)cc2Cl)c1. The van der Waals surface area contributed by atoms with Crippen LogP contribution in [0.3, 0.4) is 0 Å². The van der Waals surface area contributed by atoms with E-state index in [1.165, 1.54) is 30.6 Å². The normalized spacial score (nSPS) is 12.3. The van der Waals surface area contributed by atoms with Gasteiger partial charge in [0.2, 0.25) is 0 Å². The van der Waals surface area contributed by atoms with E-state index in [0.29, 0.717) is 11.9 Å². The van der Waals surface area contributed by atoms with E-state index in [0.717, 1.165) is 22.9 Å². The Labute approximate surface area is 182 Å².